The fraction of sp³-hybridized carbons (Fsp3) is 0.424. The highest BCUT2D eigenvalue weighted by Crippen LogP contribution is 2.50. The first kappa shape index (κ1) is 74.5. The van der Waals surface area contributed by atoms with Gasteiger partial charge in [0.25, 0.3) is 0 Å². The third kappa shape index (κ3) is 15.8. The molecule has 35 heteroatoms. The van der Waals surface area contributed by atoms with Crippen LogP contribution in [-0.4, -0.2) is 191 Å². The molecular weight excluding hydrogens is 1370 g/mol. The minimum atomic E-state index is -2.35. The van der Waals surface area contributed by atoms with Gasteiger partial charge < -0.3 is 128 Å². The second-order valence-electron chi connectivity index (χ2n) is 25.7. The average Bonchev–Trinajstić information content (AvgIpc) is 0.775. The van der Waals surface area contributed by atoms with E-state index in [1.807, 2.05) is 13.8 Å². The van der Waals surface area contributed by atoms with Crippen LogP contribution in [0.3, 0.4) is 0 Å². The minimum absolute atomic E-state index is 0.0975. The number of ether oxygens (including phenoxy) is 6. The molecule has 12 rings (SSSR count). The largest absolute Gasteiger partial charge is 0.508 e. The average molecular weight is 1450 g/mol. The molecule has 7 aliphatic heterocycles. The van der Waals surface area contributed by atoms with Gasteiger partial charge in [0, 0.05) is 34.7 Å². The van der Waals surface area contributed by atoms with Crippen LogP contribution in [0.2, 0.25) is 10.0 Å². The van der Waals surface area contributed by atoms with Gasteiger partial charge in [0.15, 0.2) is 29.9 Å². The number of benzene rings is 5. The van der Waals surface area contributed by atoms with Crippen molar-refractivity contribution in [1.82, 2.24) is 37.2 Å². The van der Waals surface area contributed by atoms with Crippen molar-refractivity contribution < 1.29 is 118 Å². The second-order valence-corrected chi connectivity index (χ2v) is 26.5. The summed E-state index contributed by atoms with van der Waals surface area (Å²) >= 11 is 14.1. The first-order chi connectivity index (χ1) is 47.7. The number of aromatic hydroxyl groups is 3. The van der Waals surface area contributed by atoms with Crippen molar-refractivity contribution in [2.45, 2.75) is 156 Å². The lowest BCUT2D eigenvalue weighted by Gasteiger charge is -2.47. The molecule has 0 aliphatic carbocycles. The summed E-state index contributed by atoms with van der Waals surface area (Å²) < 4.78 is 38.3. The summed E-state index contributed by atoms with van der Waals surface area (Å²) in [5, 5.41) is 131. The number of amides is 7. The normalized spacial score (nSPS) is 29.4. The number of aliphatic hydroxyl groups excluding tert-OH is 6. The number of nitrogens with two attached hydrogens (primary N) is 2. The SMILES string of the molecule is CN[C@H](CC(C)C)C(=O)NC1C(=O)N[C@@H](CC(N)=O)C(=O)N[C@H]2C(=O)N[C@H]3C(=O)N[C@@H](C(=O)N[C@H](C(=O)O)c4cc(O)cc(O)c4-c4cc3ccc4O)[C@@H](O)c3ccc(c(Cl)c3)Oc3cc2cc(c3O[C@@H]2O[C@H](CO)[C@@H](O)[C@H](O)[C@H]2O[C@H]2C[C@](C)(N)[C@H](O)[C@H](C)O2)Oc2ccc(cc2Cl)[C@H]1O. The van der Waals surface area contributed by atoms with E-state index in [1.54, 1.807) is 0 Å². The number of carbonyl (C=O) groups is 8. The highest BCUT2D eigenvalue weighted by Gasteiger charge is 2.51. The number of hydrogen-bond donors (Lipinski definition) is 19. The van der Waals surface area contributed by atoms with E-state index in [0.717, 1.165) is 66.7 Å². The van der Waals surface area contributed by atoms with Crippen molar-refractivity contribution in [3.63, 3.8) is 0 Å². The van der Waals surface area contributed by atoms with Crippen LogP contribution in [0, 0.1) is 5.92 Å². The Morgan fingerprint density at radius 1 is 0.713 bits per heavy atom. The molecule has 11 bridgehead atoms. The van der Waals surface area contributed by atoms with Gasteiger partial charge in [-0.3, -0.25) is 33.6 Å². The number of carboxylic acid groups (broad SMARTS) is 1. The van der Waals surface area contributed by atoms with Crippen LogP contribution in [0.5, 0.6) is 46.0 Å². The monoisotopic (exact) mass is 1450 g/mol. The number of nitrogens with one attached hydrogen (secondary N) is 7. The van der Waals surface area contributed by atoms with E-state index in [1.165, 1.54) is 33.0 Å². The van der Waals surface area contributed by atoms with E-state index >= 15 is 14.4 Å². The summed E-state index contributed by atoms with van der Waals surface area (Å²) in [4.78, 5) is 117. The van der Waals surface area contributed by atoms with Gasteiger partial charge in [0.1, 0.15) is 89.5 Å². The van der Waals surface area contributed by atoms with Crippen molar-refractivity contribution in [2.24, 2.45) is 17.4 Å². The first-order valence-electron chi connectivity index (χ1n) is 31.6. The first-order valence-corrected chi connectivity index (χ1v) is 32.4. The zero-order chi connectivity index (χ0) is 73.5. The van der Waals surface area contributed by atoms with Crippen LogP contribution < -0.4 is 62.9 Å². The molecule has 7 aliphatic rings. The Hall–Kier alpha value is -9.20. The number of primary amides is 1. The molecule has 18 atom stereocenters. The highest BCUT2D eigenvalue weighted by molar-refractivity contribution is 6.32. The molecule has 5 aromatic rings. The van der Waals surface area contributed by atoms with Crippen LogP contribution in [0.15, 0.2) is 78.9 Å². The zero-order valence-electron chi connectivity index (χ0n) is 54.3. The lowest BCUT2D eigenvalue weighted by Crippen LogP contribution is -2.64. The number of carbonyl (C=O) groups excluding carboxylic acids is 7. The molecule has 5 aromatic carbocycles. The van der Waals surface area contributed by atoms with Crippen LogP contribution in [0.1, 0.15) is 105 Å². The van der Waals surface area contributed by atoms with Crippen molar-refractivity contribution in [3.8, 4) is 57.1 Å². The molecule has 2 fully saturated rings. The van der Waals surface area contributed by atoms with Gasteiger partial charge >= 0.3 is 5.97 Å². The molecule has 33 nitrogen and oxygen atoms in total. The van der Waals surface area contributed by atoms with Gasteiger partial charge in [-0.25, -0.2) is 4.79 Å². The smallest absolute Gasteiger partial charge is 0.330 e. The van der Waals surface area contributed by atoms with Gasteiger partial charge in [-0.2, -0.15) is 0 Å². The van der Waals surface area contributed by atoms with E-state index < -0.39 is 237 Å². The highest BCUT2D eigenvalue weighted by atomic mass is 35.5. The van der Waals surface area contributed by atoms with Crippen LogP contribution in [0.25, 0.3) is 11.1 Å². The van der Waals surface area contributed by atoms with Gasteiger partial charge in [-0.1, -0.05) is 55.2 Å². The van der Waals surface area contributed by atoms with Gasteiger partial charge in [0.05, 0.1) is 41.3 Å². The Balaban J connectivity index is 1.24. The van der Waals surface area contributed by atoms with Gasteiger partial charge in [-0.05, 0) is 110 Å². The predicted molar refractivity (Wildman–Crippen MR) is 349 cm³/mol. The van der Waals surface area contributed by atoms with Crippen LogP contribution >= 0.6 is 23.2 Å². The number of phenols is 3. The van der Waals surface area contributed by atoms with E-state index in [-0.39, 0.29) is 46.2 Å². The van der Waals surface area contributed by atoms with Crippen LogP contribution in [0.4, 0.5) is 0 Å². The lowest BCUT2D eigenvalue weighted by molar-refractivity contribution is -0.333. The van der Waals surface area contributed by atoms with E-state index in [2.05, 4.69) is 37.2 Å². The number of hydrogen-bond acceptors (Lipinski definition) is 25. The Morgan fingerprint density at radius 2 is 1.32 bits per heavy atom. The Morgan fingerprint density at radius 3 is 1.90 bits per heavy atom. The fourth-order valence-electron chi connectivity index (χ4n) is 12.5. The molecule has 542 valence electrons. The lowest BCUT2D eigenvalue weighted by atomic mass is 9.86. The fourth-order valence-corrected chi connectivity index (χ4v) is 12.9. The maximum atomic E-state index is 16.0. The number of aliphatic hydroxyl groups is 6. The number of likely N-dealkylation sites (N-methyl/N-ethyl adjacent to an activating group) is 1. The molecule has 21 N–H and O–H groups in total. The summed E-state index contributed by atoms with van der Waals surface area (Å²) in [5.74, 6) is -16.0. The summed E-state index contributed by atoms with van der Waals surface area (Å²) in [6, 6.07) is -0.679. The molecular formula is C66H75Cl2N9O24. The third-order valence-corrected chi connectivity index (χ3v) is 18.4. The summed E-state index contributed by atoms with van der Waals surface area (Å²) in [6.07, 6.45) is -18.6. The number of phenolic OH excluding ortho intramolecular Hbond substituents is 3. The molecule has 0 saturated carbocycles. The molecule has 2 saturated heterocycles. The van der Waals surface area contributed by atoms with E-state index in [4.69, 9.17) is 63.1 Å². The predicted octanol–water partition coefficient (Wildman–Crippen LogP) is 0.106. The van der Waals surface area contributed by atoms with E-state index in [0.29, 0.717) is 0 Å². The molecule has 0 radical (unpaired) electrons. The Labute approximate surface area is 584 Å². The molecule has 101 heavy (non-hydrogen) atoms. The van der Waals surface area contributed by atoms with E-state index in [9.17, 15) is 75.0 Å². The standard InChI is InChI=1S/C66H75Cl2N9O24/c1-23(2)12-34(71-5)58(88)76-49-51(83)26-7-10-38(32(67)14-26)97-40-16-28-17-41(55(40)101-65-56(54(86)53(85)42(22-78)99-65)100-44-21-66(4,70)57(87)24(3)96-44)98-39-11-8-27(15-33(39)68)52(84)50-63(93)75-48(64(94)95)31-18-29(79)19-37(81)45(31)30-13-25(6-9-36(30)80)46(60(90)77-50)74-61(91)47(28)73-59(89)35(20-43(69)82)72-62(49)92/h6-11,13-19,23-24,34-35,42,44,46-54,56-57,65,71,78-81,83-87H,12,20-22,70H2,1-5H3,(H2,69,82)(H,72,92)(H,73,89)(H,74,91)(H,75,93)(H,76,88)(H,77,90)(H,94,95)/t24-,34+,35-,42+,44-,46+,47+,48-,49?,50+,51+,52-,53+,54-,56+,57+,65-,66-/m0/s1. The molecule has 7 heterocycles. The van der Waals surface area contributed by atoms with Crippen molar-refractivity contribution in [1.29, 1.82) is 0 Å². The Bertz CT molecular complexity index is 4070. The zero-order valence-corrected chi connectivity index (χ0v) is 55.8. The van der Waals surface area contributed by atoms with Gasteiger partial charge in [0.2, 0.25) is 53.4 Å². The summed E-state index contributed by atoms with van der Waals surface area (Å²) in [5.41, 5.74) is 8.00. The summed E-state index contributed by atoms with van der Waals surface area (Å²) in [6.45, 7) is 5.66. The maximum absolute atomic E-state index is 16.0. The topological polar surface area (TPSA) is 530 Å². The van der Waals surface area contributed by atoms with Crippen molar-refractivity contribution in [2.75, 3.05) is 13.7 Å². The number of rotatable bonds is 13. The number of aliphatic carboxylic acids is 1. The number of fused-ring (bicyclic) bond motifs is 15. The molecule has 0 aromatic heterocycles. The van der Waals surface area contributed by atoms with Gasteiger partial charge in [-0.15, -0.1) is 0 Å². The maximum Gasteiger partial charge on any atom is 0.330 e. The molecule has 1 unspecified atom stereocenters. The second kappa shape index (κ2) is 30.2. The number of halogens is 2. The molecule has 0 spiro atoms. The minimum Gasteiger partial charge on any atom is -0.508 e. The summed E-state index contributed by atoms with van der Waals surface area (Å²) in [7, 11) is 1.47. The Kier molecular flexibility index (Phi) is 22.2. The number of carboxylic acids is 1. The van der Waals surface area contributed by atoms with Crippen LogP contribution in [-0.2, 0) is 52.6 Å². The van der Waals surface area contributed by atoms with Crippen molar-refractivity contribution in [3.05, 3.63) is 117 Å². The molecule has 7 amide bonds. The van der Waals surface area contributed by atoms with Crippen molar-refractivity contribution >= 4 is 70.5 Å². The third-order valence-electron chi connectivity index (χ3n) is 17.8. The quantitative estimate of drug-likeness (QED) is 0.0743.